The highest BCUT2D eigenvalue weighted by Gasteiger charge is 2.00. The molecule has 2 heteroatoms. The summed E-state index contributed by atoms with van der Waals surface area (Å²) in [4.78, 5) is 0. The molecule has 1 nitrogen and oxygen atoms in total. The Kier molecular flexibility index (Phi) is 5.15. The topological polar surface area (TPSA) is 13.1 Å². The summed E-state index contributed by atoms with van der Waals surface area (Å²) >= 11 is 0. The van der Waals surface area contributed by atoms with Crippen molar-refractivity contribution < 1.29 is 4.42 Å². The highest BCUT2D eigenvalue weighted by Crippen LogP contribution is 2.09. The van der Waals surface area contributed by atoms with Gasteiger partial charge in [0.05, 0.1) is 6.26 Å². The van der Waals surface area contributed by atoms with E-state index in [1.165, 1.54) is 37.7 Å². The van der Waals surface area contributed by atoms with E-state index < -0.39 is 0 Å². The molecule has 0 amide bonds. The van der Waals surface area contributed by atoms with E-state index in [1.807, 2.05) is 6.07 Å². The molecule has 0 aliphatic heterocycles. The summed E-state index contributed by atoms with van der Waals surface area (Å²) in [6.45, 7) is 2.24. The number of aryl methyl sites for hydroxylation is 1. The Bertz CT molecular complexity index is 230. The number of hydrogen-bond acceptors (Lipinski definition) is 1. The van der Waals surface area contributed by atoms with Crippen LogP contribution >= 0.6 is 9.24 Å². The molecule has 0 aromatic carbocycles. The molecule has 13 heavy (non-hydrogen) atoms. The van der Waals surface area contributed by atoms with Crippen LogP contribution in [0.1, 0.15) is 44.6 Å². The summed E-state index contributed by atoms with van der Waals surface area (Å²) in [5.41, 5.74) is 2.04. The van der Waals surface area contributed by atoms with Crippen LogP contribution in [0.3, 0.4) is 0 Å². The van der Waals surface area contributed by atoms with Gasteiger partial charge in [-0.05, 0) is 24.5 Å². The van der Waals surface area contributed by atoms with Crippen LogP contribution in [0, 0.1) is 0 Å². The zero-order valence-corrected chi connectivity index (χ0v) is 9.15. The van der Waals surface area contributed by atoms with Crippen molar-refractivity contribution >= 4 is 14.7 Å². The van der Waals surface area contributed by atoms with E-state index in [0.717, 1.165) is 11.9 Å². The average Bonchev–Trinajstić information content (AvgIpc) is 2.52. The van der Waals surface area contributed by atoms with Crippen molar-refractivity contribution in [3.05, 3.63) is 17.9 Å². The minimum Gasteiger partial charge on any atom is -0.464 e. The normalized spacial score (nSPS) is 10.6. The van der Waals surface area contributed by atoms with Gasteiger partial charge in [-0.3, -0.25) is 0 Å². The van der Waals surface area contributed by atoms with Crippen molar-refractivity contribution in [2.24, 2.45) is 0 Å². The molecule has 0 fully saturated rings. The molecular weight excluding hydrogens is 179 g/mol. The second-order valence-corrected chi connectivity index (χ2v) is 3.82. The largest absolute Gasteiger partial charge is 0.464 e. The fourth-order valence-electron chi connectivity index (χ4n) is 1.44. The fourth-order valence-corrected chi connectivity index (χ4v) is 1.68. The maximum atomic E-state index is 5.11. The third kappa shape index (κ3) is 3.95. The third-order valence-electron chi connectivity index (χ3n) is 2.27. The Hall–Kier alpha value is -0.290. The van der Waals surface area contributed by atoms with Crippen molar-refractivity contribution in [2.75, 3.05) is 0 Å². The van der Waals surface area contributed by atoms with Gasteiger partial charge in [-0.25, -0.2) is 0 Å². The first-order chi connectivity index (χ1) is 6.34. The first kappa shape index (κ1) is 10.8. The molecule has 1 rings (SSSR count). The predicted octanol–water partition coefficient (Wildman–Crippen LogP) is 3.83. The van der Waals surface area contributed by atoms with E-state index in [4.69, 9.17) is 4.42 Å². The van der Waals surface area contributed by atoms with Crippen LogP contribution in [-0.2, 0) is 6.42 Å². The molecule has 1 aromatic heterocycles. The maximum absolute atomic E-state index is 5.11. The number of rotatable bonds is 6. The molecule has 2 radical (unpaired) electrons. The van der Waals surface area contributed by atoms with Crippen molar-refractivity contribution in [2.45, 2.75) is 45.4 Å². The third-order valence-corrected chi connectivity index (χ3v) is 2.67. The van der Waals surface area contributed by atoms with Crippen molar-refractivity contribution in [3.63, 3.8) is 0 Å². The molecule has 0 saturated carbocycles. The molecule has 0 bridgehead atoms. The summed E-state index contributed by atoms with van der Waals surface area (Å²) in [5.74, 6) is 0. The van der Waals surface area contributed by atoms with Gasteiger partial charge in [0, 0.05) is 9.24 Å². The Morgan fingerprint density at radius 1 is 1.23 bits per heavy atom. The lowest BCUT2D eigenvalue weighted by molar-refractivity contribution is 0.598. The van der Waals surface area contributed by atoms with Crippen molar-refractivity contribution in [3.8, 4) is 0 Å². The van der Waals surface area contributed by atoms with Gasteiger partial charge in [-0.1, -0.05) is 32.6 Å². The van der Waals surface area contributed by atoms with Crippen LogP contribution in [-0.4, -0.2) is 0 Å². The summed E-state index contributed by atoms with van der Waals surface area (Å²) in [5, 5.41) is 0. The Morgan fingerprint density at radius 2 is 2.00 bits per heavy atom. The van der Waals surface area contributed by atoms with Crippen LogP contribution in [0.25, 0.3) is 0 Å². The van der Waals surface area contributed by atoms with Crippen LogP contribution in [0.4, 0.5) is 0 Å². The Labute approximate surface area is 83.1 Å². The predicted molar refractivity (Wildman–Crippen MR) is 57.7 cm³/mol. The molecule has 0 N–H and O–H groups in total. The smallest absolute Gasteiger partial charge is 0.138 e. The molecule has 0 atom stereocenters. The Morgan fingerprint density at radius 3 is 2.62 bits per heavy atom. The zero-order valence-electron chi connectivity index (χ0n) is 8.25. The van der Waals surface area contributed by atoms with Gasteiger partial charge < -0.3 is 4.42 Å². The minimum atomic E-state index is 0.787. The average molecular weight is 196 g/mol. The Balaban J connectivity index is 2.10. The molecule has 0 unspecified atom stereocenters. The van der Waals surface area contributed by atoms with Gasteiger partial charge in [-0.15, -0.1) is 0 Å². The number of unbranched alkanes of at least 4 members (excludes halogenated alkanes) is 4. The summed E-state index contributed by atoms with van der Waals surface area (Å²) in [6, 6.07) is 2.02. The van der Waals surface area contributed by atoms with E-state index in [-0.39, 0.29) is 0 Å². The molecule has 1 aromatic rings. The molecular formula is C11H17OP. The molecule has 0 aliphatic rings. The minimum absolute atomic E-state index is 0.787. The van der Waals surface area contributed by atoms with E-state index >= 15 is 0 Å². The van der Waals surface area contributed by atoms with Crippen LogP contribution < -0.4 is 5.50 Å². The van der Waals surface area contributed by atoms with Crippen LogP contribution in [0.2, 0.25) is 0 Å². The van der Waals surface area contributed by atoms with E-state index in [2.05, 4.69) is 16.2 Å². The second kappa shape index (κ2) is 6.21. The summed E-state index contributed by atoms with van der Waals surface area (Å²) < 4.78 is 5.11. The van der Waals surface area contributed by atoms with E-state index in [9.17, 15) is 0 Å². The standard InChI is InChI=1S/C11H17OP/c1-2-3-4-5-6-7-10-8-9-12-11(10)13/h8-9H,2-7H2,1H3. The number of furan rings is 1. The first-order valence-electron chi connectivity index (χ1n) is 5.10. The molecule has 0 aliphatic carbocycles. The van der Waals surface area contributed by atoms with Gasteiger partial charge in [0.1, 0.15) is 5.50 Å². The van der Waals surface area contributed by atoms with E-state index in [1.54, 1.807) is 6.26 Å². The lowest BCUT2D eigenvalue weighted by Crippen LogP contribution is -1.95. The van der Waals surface area contributed by atoms with Crippen molar-refractivity contribution in [1.29, 1.82) is 0 Å². The van der Waals surface area contributed by atoms with E-state index in [0.29, 0.717) is 0 Å². The molecule has 0 spiro atoms. The second-order valence-electron chi connectivity index (χ2n) is 3.42. The highest BCUT2D eigenvalue weighted by atomic mass is 31.0. The monoisotopic (exact) mass is 196 g/mol. The molecule has 72 valence electrons. The van der Waals surface area contributed by atoms with Crippen LogP contribution in [0.15, 0.2) is 16.7 Å². The summed E-state index contributed by atoms with van der Waals surface area (Å²) in [7, 11) is 4.23. The molecule has 0 saturated heterocycles. The lowest BCUT2D eigenvalue weighted by atomic mass is 10.1. The number of hydrogen-bond donors (Lipinski definition) is 0. The quantitative estimate of drug-likeness (QED) is 0.498. The van der Waals surface area contributed by atoms with Gasteiger partial charge >= 0.3 is 0 Å². The summed E-state index contributed by atoms with van der Waals surface area (Å²) in [6.07, 6.45) is 9.43. The fraction of sp³-hybridized carbons (Fsp3) is 0.636. The lowest BCUT2D eigenvalue weighted by Gasteiger charge is -1.98. The first-order valence-corrected chi connectivity index (χ1v) is 5.54. The van der Waals surface area contributed by atoms with Gasteiger partial charge in [0.15, 0.2) is 0 Å². The van der Waals surface area contributed by atoms with Gasteiger partial charge in [0.25, 0.3) is 0 Å². The van der Waals surface area contributed by atoms with Gasteiger partial charge in [0.2, 0.25) is 0 Å². The zero-order chi connectivity index (χ0) is 9.52. The highest BCUT2D eigenvalue weighted by molar-refractivity contribution is 7.26. The molecule has 1 heterocycles. The van der Waals surface area contributed by atoms with Gasteiger partial charge in [-0.2, -0.15) is 0 Å². The van der Waals surface area contributed by atoms with Crippen molar-refractivity contribution in [1.82, 2.24) is 0 Å². The van der Waals surface area contributed by atoms with Crippen LogP contribution in [0.5, 0.6) is 0 Å². The SMILES string of the molecule is CCCCCCCc1ccoc1[P]. The maximum Gasteiger partial charge on any atom is 0.138 e.